The minimum Gasteiger partial charge on any atom is -0.391 e. The zero-order valence-corrected chi connectivity index (χ0v) is 8.94. The molecule has 0 aliphatic carbocycles. The Balaban J connectivity index is 2.55. The van der Waals surface area contributed by atoms with E-state index < -0.39 is 0 Å². The van der Waals surface area contributed by atoms with Gasteiger partial charge in [0.15, 0.2) is 0 Å². The van der Waals surface area contributed by atoms with Crippen LogP contribution in [0.15, 0.2) is 0 Å². The second-order valence-electron chi connectivity index (χ2n) is 4.31. The van der Waals surface area contributed by atoms with Gasteiger partial charge in [0.25, 0.3) is 0 Å². The fourth-order valence-corrected chi connectivity index (χ4v) is 1.83. The smallest absolute Gasteiger partial charge is 0.227 e. The van der Waals surface area contributed by atoms with E-state index in [0.29, 0.717) is 26.1 Å². The van der Waals surface area contributed by atoms with E-state index in [0.717, 1.165) is 0 Å². The van der Waals surface area contributed by atoms with Crippen molar-refractivity contribution in [3.05, 3.63) is 0 Å². The van der Waals surface area contributed by atoms with E-state index in [4.69, 9.17) is 5.73 Å². The van der Waals surface area contributed by atoms with Crippen LogP contribution in [0.5, 0.6) is 0 Å². The average molecular weight is 200 g/mol. The zero-order chi connectivity index (χ0) is 10.7. The molecule has 1 rings (SSSR count). The number of carbonyl (C=O) groups excluding carboxylic acids is 1. The lowest BCUT2D eigenvalue weighted by Crippen LogP contribution is -2.40. The molecule has 3 N–H and O–H groups in total. The normalized spacial score (nSPS) is 24.4. The van der Waals surface area contributed by atoms with Crippen LogP contribution in [0.2, 0.25) is 0 Å². The van der Waals surface area contributed by atoms with Crippen molar-refractivity contribution >= 4 is 5.91 Å². The minimum atomic E-state index is -0.343. The number of carbonyl (C=O) groups is 1. The van der Waals surface area contributed by atoms with Crippen LogP contribution in [-0.4, -0.2) is 41.7 Å². The molecule has 2 atom stereocenters. The van der Waals surface area contributed by atoms with Crippen LogP contribution in [0.1, 0.15) is 20.3 Å². The molecule has 0 aromatic heterocycles. The van der Waals surface area contributed by atoms with E-state index in [2.05, 4.69) is 0 Å². The molecule has 0 bridgehead atoms. The molecule has 1 aliphatic heterocycles. The average Bonchev–Trinajstić information content (AvgIpc) is 2.52. The highest BCUT2D eigenvalue weighted by molar-refractivity contribution is 5.79. The van der Waals surface area contributed by atoms with Gasteiger partial charge in [-0.3, -0.25) is 4.79 Å². The van der Waals surface area contributed by atoms with Crippen molar-refractivity contribution in [1.29, 1.82) is 0 Å². The van der Waals surface area contributed by atoms with Crippen LogP contribution in [0.3, 0.4) is 0 Å². The number of aliphatic hydroxyl groups excluding tert-OH is 1. The van der Waals surface area contributed by atoms with Gasteiger partial charge < -0.3 is 15.7 Å². The monoisotopic (exact) mass is 200 g/mol. The number of nitrogens with two attached hydrogens (primary N) is 1. The molecular weight excluding hydrogens is 180 g/mol. The van der Waals surface area contributed by atoms with Gasteiger partial charge in [-0.05, 0) is 12.3 Å². The number of hydrogen-bond acceptors (Lipinski definition) is 3. The summed E-state index contributed by atoms with van der Waals surface area (Å²) < 4.78 is 0. The van der Waals surface area contributed by atoms with Crippen molar-refractivity contribution < 1.29 is 9.90 Å². The Kier molecular flexibility index (Phi) is 3.89. The second-order valence-corrected chi connectivity index (χ2v) is 4.31. The van der Waals surface area contributed by atoms with Crippen LogP contribution in [0.25, 0.3) is 0 Å². The van der Waals surface area contributed by atoms with Gasteiger partial charge in [-0.15, -0.1) is 0 Å². The molecule has 0 aromatic carbocycles. The zero-order valence-electron chi connectivity index (χ0n) is 8.94. The van der Waals surface area contributed by atoms with Crippen molar-refractivity contribution in [2.45, 2.75) is 26.4 Å². The Morgan fingerprint density at radius 3 is 2.64 bits per heavy atom. The van der Waals surface area contributed by atoms with Crippen molar-refractivity contribution in [3.63, 3.8) is 0 Å². The number of rotatable bonds is 3. The van der Waals surface area contributed by atoms with Crippen LogP contribution >= 0.6 is 0 Å². The van der Waals surface area contributed by atoms with Crippen molar-refractivity contribution in [1.82, 2.24) is 4.90 Å². The summed E-state index contributed by atoms with van der Waals surface area (Å²) in [6.07, 6.45) is 0.353. The van der Waals surface area contributed by atoms with Crippen LogP contribution in [0.4, 0.5) is 0 Å². The van der Waals surface area contributed by atoms with E-state index in [1.807, 2.05) is 13.8 Å². The molecule has 1 fully saturated rings. The Morgan fingerprint density at radius 1 is 1.64 bits per heavy atom. The van der Waals surface area contributed by atoms with E-state index >= 15 is 0 Å². The molecule has 0 saturated carbocycles. The molecule has 4 heteroatoms. The number of β-amino-alcohol motifs (C(OH)–C–C–N with tert-alkyl or cyclic N) is 1. The van der Waals surface area contributed by atoms with Gasteiger partial charge in [0.2, 0.25) is 5.91 Å². The molecular formula is C10H20N2O2. The third-order valence-electron chi connectivity index (χ3n) is 2.85. The summed E-state index contributed by atoms with van der Waals surface area (Å²) in [6, 6.07) is 0. The lowest BCUT2D eigenvalue weighted by molar-refractivity contribution is -0.135. The van der Waals surface area contributed by atoms with E-state index in [9.17, 15) is 9.90 Å². The SMILES string of the molecule is CC(C)C(CN)C(=O)N1CC[C@H](O)C1. The topological polar surface area (TPSA) is 66.6 Å². The largest absolute Gasteiger partial charge is 0.391 e. The van der Waals surface area contributed by atoms with Gasteiger partial charge in [-0.25, -0.2) is 0 Å². The molecule has 1 saturated heterocycles. The van der Waals surface area contributed by atoms with Crippen LogP contribution < -0.4 is 5.73 Å². The van der Waals surface area contributed by atoms with Gasteiger partial charge in [0.1, 0.15) is 0 Å². The molecule has 0 spiro atoms. The molecule has 1 unspecified atom stereocenters. The summed E-state index contributed by atoms with van der Waals surface area (Å²) in [7, 11) is 0. The van der Waals surface area contributed by atoms with Gasteiger partial charge in [-0.1, -0.05) is 13.8 Å². The highest BCUT2D eigenvalue weighted by atomic mass is 16.3. The minimum absolute atomic E-state index is 0.0963. The highest BCUT2D eigenvalue weighted by Crippen LogP contribution is 2.17. The maximum absolute atomic E-state index is 11.9. The Bertz CT molecular complexity index is 206. The fraction of sp³-hybridized carbons (Fsp3) is 0.900. The maximum Gasteiger partial charge on any atom is 0.227 e. The molecule has 1 heterocycles. The summed E-state index contributed by atoms with van der Waals surface area (Å²) in [5.41, 5.74) is 5.57. The van der Waals surface area contributed by atoms with Crippen molar-refractivity contribution in [3.8, 4) is 0 Å². The van der Waals surface area contributed by atoms with E-state index in [1.165, 1.54) is 0 Å². The van der Waals surface area contributed by atoms with Gasteiger partial charge in [0.05, 0.1) is 12.0 Å². The van der Waals surface area contributed by atoms with Crippen molar-refractivity contribution in [2.24, 2.45) is 17.6 Å². The number of amides is 1. The second kappa shape index (κ2) is 4.75. The molecule has 82 valence electrons. The predicted molar refractivity (Wildman–Crippen MR) is 54.6 cm³/mol. The molecule has 0 radical (unpaired) electrons. The van der Waals surface area contributed by atoms with Crippen molar-refractivity contribution in [2.75, 3.05) is 19.6 Å². The maximum atomic E-state index is 11.9. The first kappa shape index (κ1) is 11.5. The highest BCUT2D eigenvalue weighted by Gasteiger charge is 2.30. The molecule has 14 heavy (non-hydrogen) atoms. The van der Waals surface area contributed by atoms with Gasteiger partial charge in [0, 0.05) is 19.6 Å². The predicted octanol–water partition coefficient (Wildman–Crippen LogP) is -0.189. The van der Waals surface area contributed by atoms with Crippen LogP contribution in [0, 0.1) is 11.8 Å². The van der Waals surface area contributed by atoms with E-state index in [-0.39, 0.29) is 23.8 Å². The standard InChI is InChI=1S/C10H20N2O2/c1-7(2)9(5-11)10(14)12-4-3-8(13)6-12/h7-9,13H,3-6,11H2,1-2H3/t8-,9?/m0/s1. The van der Waals surface area contributed by atoms with Gasteiger partial charge in [-0.2, -0.15) is 0 Å². The number of aliphatic hydroxyl groups is 1. The van der Waals surface area contributed by atoms with Gasteiger partial charge >= 0.3 is 0 Å². The first-order valence-corrected chi connectivity index (χ1v) is 5.23. The third-order valence-corrected chi connectivity index (χ3v) is 2.85. The first-order valence-electron chi connectivity index (χ1n) is 5.23. The lowest BCUT2D eigenvalue weighted by atomic mass is 9.94. The summed E-state index contributed by atoms with van der Waals surface area (Å²) in [5.74, 6) is 0.268. The summed E-state index contributed by atoms with van der Waals surface area (Å²) in [6.45, 7) is 5.54. The summed E-state index contributed by atoms with van der Waals surface area (Å²) in [5, 5.41) is 9.32. The Morgan fingerprint density at radius 2 is 2.29 bits per heavy atom. The summed E-state index contributed by atoms with van der Waals surface area (Å²) in [4.78, 5) is 13.6. The fourth-order valence-electron chi connectivity index (χ4n) is 1.83. The molecule has 1 aliphatic rings. The Hall–Kier alpha value is -0.610. The van der Waals surface area contributed by atoms with Crippen LogP contribution in [-0.2, 0) is 4.79 Å². The Labute approximate surface area is 85.1 Å². The third kappa shape index (κ3) is 2.45. The molecule has 4 nitrogen and oxygen atoms in total. The number of hydrogen-bond donors (Lipinski definition) is 2. The lowest BCUT2D eigenvalue weighted by Gasteiger charge is -2.24. The number of nitrogens with zero attached hydrogens (tertiary/aromatic N) is 1. The molecule has 1 amide bonds. The first-order chi connectivity index (χ1) is 6.56. The summed E-state index contributed by atoms with van der Waals surface area (Å²) >= 11 is 0. The number of likely N-dealkylation sites (tertiary alicyclic amines) is 1. The quantitative estimate of drug-likeness (QED) is 0.663. The molecule has 0 aromatic rings. The van der Waals surface area contributed by atoms with E-state index in [1.54, 1.807) is 4.90 Å².